The molecule has 3 amide bonds. The molecule has 0 radical (unpaired) electrons. The van der Waals surface area contributed by atoms with E-state index in [-0.39, 0.29) is 38.5 Å². The van der Waals surface area contributed by atoms with Crippen molar-refractivity contribution in [3.05, 3.63) is 87.9 Å². The summed E-state index contributed by atoms with van der Waals surface area (Å²) in [7, 11) is -2.70. The van der Waals surface area contributed by atoms with E-state index in [9.17, 15) is 22.8 Å². The fourth-order valence-corrected chi connectivity index (χ4v) is 6.87. The monoisotopic (exact) mass is 660 g/mol. The maximum absolute atomic E-state index is 13.1. The van der Waals surface area contributed by atoms with Crippen molar-refractivity contribution in [2.24, 2.45) is 5.92 Å². The lowest BCUT2D eigenvalue weighted by molar-refractivity contribution is -0.142. The molecule has 0 bridgehead atoms. The molecule has 3 aromatic rings. The van der Waals surface area contributed by atoms with Crippen molar-refractivity contribution >= 4 is 62.5 Å². The maximum atomic E-state index is 13.1. The summed E-state index contributed by atoms with van der Waals surface area (Å²) in [6.45, 7) is 0.337. The Balaban J connectivity index is 1.39. The minimum atomic E-state index is -3.90. The van der Waals surface area contributed by atoms with Gasteiger partial charge in [0.25, 0.3) is 5.91 Å². The molecule has 4 rings (SSSR count). The third-order valence-corrected chi connectivity index (χ3v) is 9.46. The topological polar surface area (TPSA) is 143 Å². The van der Waals surface area contributed by atoms with Gasteiger partial charge in [0.2, 0.25) is 10.0 Å². The molecular formula is C31H34Cl2N4O6S. The van der Waals surface area contributed by atoms with Crippen molar-refractivity contribution in [2.75, 3.05) is 24.3 Å². The number of carbonyl (C=O) groups excluding carboxylic acids is 3. The zero-order valence-electron chi connectivity index (χ0n) is 24.1. The van der Waals surface area contributed by atoms with Gasteiger partial charge >= 0.3 is 12.0 Å². The van der Waals surface area contributed by atoms with Gasteiger partial charge in [0.15, 0.2) is 0 Å². The highest BCUT2D eigenvalue weighted by Gasteiger charge is 2.25. The average molecular weight is 662 g/mol. The molecule has 0 spiro atoms. The Bertz CT molecular complexity index is 1570. The van der Waals surface area contributed by atoms with E-state index in [0.29, 0.717) is 17.8 Å². The van der Waals surface area contributed by atoms with Crippen molar-refractivity contribution in [2.45, 2.75) is 49.5 Å². The molecule has 234 valence electrons. The van der Waals surface area contributed by atoms with Gasteiger partial charge in [-0.3, -0.25) is 4.79 Å². The number of hydrogen-bond donors (Lipinski definition) is 4. The fourth-order valence-electron chi connectivity index (χ4n) is 5.02. The van der Waals surface area contributed by atoms with Crippen LogP contribution in [-0.2, 0) is 26.0 Å². The Hall–Kier alpha value is -3.64. The summed E-state index contributed by atoms with van der Waals surface area (Å²) < 4.78 is 33.8. The summed E-state index contributed by atoms with van der Waals surface area (Å²) >= 11 is 12.2. The highest BCUT2D eigenvalue weighted by molar-refractivity contribution is 7.89. The van der Waals surface area contributed by atoms with Crippen LogP contribution in [0.4, 0.5) is 16.2 Å². The molecular weight excluding hydrogens is 627 g/mol. The molecule has 0 aromatic heterocycles. The number of para-hydroxylation sites is 1. The number of urea groups is 1. The smallest absolute Gasteiger partial charge is 0.328 e. The molecule has 1 saturated carbocycles. The van der Waals surface area contributed by atoms with Crippen LogP contribution in [0.25, 0.3) is 0 Å². The van der Waals surface area contributed by atoms with Crippen molar-refractivity contribution in [3.63, 3.8) is 0 Å². The molecule has 0 heterocycles. The zero-order valence-corrected chi connectivity index (χ0v) is 26.4. The summed E-state index contributed by atoms with van der Waals surface area (Å²) in [5, 5.41) is 8.28. The van der Waals surface area contributed by atoms with E-state index in [2.05, 4.69) is 20.7 Å². The van der Waals surface area contributed by atoms with Gasteiger partial charge in [0.05, 0.1) is 28.4 Å². The molecule has 3 aromatic carbocycles. The number of rotatable bonds is 11. The number of halogens is 2. The third kappa shape index (κ3) is 8.95. The van der Waals surface area contributed by atoms with Crippen molar-refractivity contribution < 1.29 is 27.5 Å². The molecule has 0 unspecified atom stereocenters. The van der Waals surface area contributed by atoms with Crippen LogP contribution in [0.15, 0.2) is 71.6 Å². The largest absolute Gasteiger partial charge is 0.467 e. The first-order valence-corrected chi connectivity index (χ1v) is 16.4. The number of amides is 3. The van der Waals surface area contributed by atoms with Gasteiger partial charge in [-0.2, -0.15) is 0 Å². The van der Waals surface area contributed by atoms with Crippen LogP contribution in [0.1, 0.15) is 48.0 Å². The van der Waals surface area contributed by atoms with Crippen LogP contribution in [0.2, 0.25) is 10.0 Å². The first kappa shape index (κ1) is 33.3. The second-order valence-electron chi connectivity index (χ2n) is 10.5. The molecule has 13 heteroatoms. The van der Waals surface area contributed by atoms with Crippen LogP contribution in [0, 0.1) is 5.92 Å². The number of hydrogen-bond acceptors (Lipinski definition) is 6. The van der Waals surface area contributed by atoms with E-state index < -0.39 is 34.0 Å². The first-order chi connectivity index (χ1) is 21.1. The molecule has 1 fully saturated rings. The molecule has 1 aliphatic rings. The maximum Gasteiger partial charge on any atom is 0.328 e. The Kier molecular flexibility index (Phi) is 11.6. The van der Waals surface area contributed by atoms with Crippen LogP contribution >= 0.6 is 23.2 Å². The number of anilines is 2. The van der Waals surface area contributed by atoms with Gasteiger partial charge in [-0.1, -0.05) is 72.8 Å². The van der Waals surface area contributed by atoms with Crippen LogP contribution in [0.5, 0.6) is 0 Å². The van der Waals surface area contributed by atoms with Crippen LogP contribution in [-0.4, -0.2) is 46.0 Å². The first-order valence-electron chi connectivity index (χ1n) is 14.2. The summed E-state index contributed by atoms with van der Waals surface area (Å²) in [6.07, 6.45) is 5.37. The number of carbonyl (C=O) groups is 3. The zero-order chi connectivity index (χ0) is 31.7. The summed E-state index contributed by atoms with van der Waals surface area (Å²) in [5.41, 5.74) is 1.34. The lowest BCUT2D eigenvalue weighted by Gasteiger charge is -2.22. The molecule has 0 saturated heterocycles. The predicted molar refractivity (Wildman–Crippen MR) is 171 cm³/mol. The molecule has 10 nitrogen and oxygen atoms in total. The molecule has 4 N–H and O–H groups in total. The lowest BCUT2D eigenvalue weighted by atomic mass is 9.90. The minimum Gasteiger partial charge on any atom is -0.467 e. The summed E-state index contributed by atoms with van der Waals surface area (Å²) in [5.74, 6) is -0.888. The van der Waals surface area contributed by atoms with Gasteiger partial charge in [-0.05, 0) is 60.7 Å². The second kappa shape index (κ2) is 15.4. The number of sulfonamides is 1. The molecule has 44 heavy (non-hydrogen) atoms. The second-order valence-corrected chi connectivity index (χ2v) is 13.0. The Morgan fingerprint density at radius 1 is 0.886 bits per heavy atom. The van der Waals surface area contributed by atoms with E-state index in [0.717, 1.165) is 25.7 Å². The third-order valence-electron chi connectivity index (χ3n) is 7.34. The van der Waals surface area contributed by atoms with Crippen molar-refractivity contribution in [3.8, 4) is 0 Å². The Morgan fingerprint density at radius 3 is 2.20 bits per heavy atom. The molecule has 1 atom stereocenters. The fraction of sp³-hybridized carbons (Fsp3) is 0.323. The highest BCUT2D eigenvalue weighted by atomic mass is 35.5. The Morgan fingerprint density at radius 2 is 1.55 bits per heavy atom. The SMILES string of the molecule is COC(=O)[C@H](Cc1ccc(NC(=O)c2c(Cl)cccc2Cl)cc1)NC(=O)Nc1ccccc1S(=O)(=O)NCC1CCCCC1. The van der Waals surface area contributed by atoms with E-state index in [4.69, 9.17) is 27.9 Å². The number of methoxy groups -OCH3 is 1. The van der Waals surface area contributed by atoms with Crippen molar-refractivity contribution in [1.29, 1.82) is 0 Å². The number of esters is 1. The summed E-state index contributed by atoms with van der Waals surface area (Å²) in [4.78, 5) is 38.1. The number of benzene rings is 3. The normalized spacial score (nSPS) is 14.3. The number of ether oxygens (including phenoxy) is 1. The van der Waals surface area contributed by atoms with Gasteiger partial charge in [0, 0.05) is 18.7 Å². The van der Waals surface area contributed by atoms with E-state index >= 15 is 0 Å². The summed E-state index contributed by atoms with van der Waals surface area (Å²) in [6, 6.07) is 15.6. The molecule has 0 aliphatic heterocycles. The van der Waals surface area contributed by atoms with E-state index in [1.807, 2.05) is 0 Å². The van der Waals surface area contributed by atoms with E-state index in [1.165, 1.54) is 25.7 Å². The van der Waals surface area contributed by atoms with Crippen LogP contribution < -0.4 is 20.7 Å². The van der Waals surface area contributed by atoms with Crippen molar-refractivity contribution in [1.82, 2.24) is 10.0 Å². The van der Waals surface area contributed by atoms with Gasteiger partial charge in [0.1, 0.15) is 10.9 Å². The van der Waals surface area contributed by atoms with Crippen LogP contribution in [0.3, 0.4) is 0 Å². The average Bonchev–Trinajstić information content (AvgIpc) is 3.01. The standard InChI is InChI=1S/C31H34Cl2N4O6S/c1-43-30(39)26(18-20-14-16-22(17-15-20)35-29(38)28-23(32)10-7-11-24(28)33)37-31(40)36-25-12-5-6-13-27(25)44(41,42)34-19-21-8-3-2-4-9-21/h5-7,10-17,21,26,34H,2-4,8-9,18-19H2,1H3,(H,35,38)(H2,36,37,40)/t26-/m0/s1. The lowest BCUT2D eigenvalue weighted by Crippen LogP contribution is -2.45. The van der Waals surface area contributed by atoms with Gasteiger partial charge in [-0.15, -0.1) is 0 Å². The number of nitrogens with one attached hydrogen (secondary N) is 4. The van der Waals surface area contributed by atoms with E-state index in [1.54, 1.807) is 54.6 Å². The quantitative estimate of drug-likeness (QED) is 0.186. The highest BCUT2D eigenvalue weighted by Crippen LogP contribution is 2.26. The Labute approximate surface area is 266 Å². The minimum absolute atomic E-state index is 0.0630. The molecule has 1 aliphatic carbocycles. The predicted octanol–water partition coefficient (Wildman–Crippen LogP) is 6.01. The van der Waals surface area contributed by atoms with Gasteiger partial charge < -0.3 is 20.7 Å². The van der Waals surface area contributed by atoms with Gasteiger partial charge in [-0.25, -0.2) is 22.7 Å².